The molecular weight excluding hydrogens is 224 g/mol. The molecule has 18 heavy (non-hydrogen) atoms. The lowest BCUT2D eigenvalue weighted by atomic mass is 9.82. The van der Waals surface area contributed by atoms with Crippen LogP contribution in [0.1, 0.15) is 51.4 Å². The standard InChI is InChI=1S/C8H18N2.C6H14N2/c9-5-7-1-2-8(6-10)4-3-7;7-5-1-2-6(8)4-3-5/h7-8H,1-6,9-10H2;5-6H,1-4,7-8H2. The quantitative estimate of drug-likeness (QED) is 0.590. The van der Waals surface area contributed by atoms with Crippen LogP contribution in [0.15, 0.2) is 0 Å². The Hall–Kier alpha value is -0.160. The molecule has 2 saturated carbocycles. The van der Waals surface area contributed by atoms with Crippen molar-refractivity contribution in [1.82, 2.24) is 0 Å². The second kappa shape index (κ2) is 8.86. The third-order valence-corrected chi connectivity index (χ3v) is 4.45. The van der Waals surface area contributed by atoms with E-state index in [0.717, 1.165) is 50.6 Å². The third kappa shape index (κ3) is 6.14. The highest BCUT2D eigenvalue weighted by molar-refractivity contribution is 4.75. The van der Waals surface area contributed by atoms with E-state index in [1.165, 1.54) is 25.7 Å². The summed E-state index contributed by atoms with van der Waals surface area (Å²) in [6, 6.07) is 0.879. The summed E-state index contributed by atoms with van der Waals surface area (Å²) in [5, 5.41) is 0. The van der Waals surface area contributed by atoms with Crippen LogP contribution in [-0.2, 0) is 0 Å². The maximum Gasteiger partial charge on any atom is 0.00399 e. The monoisotopic (exact) mass is 256 g/mol. The Morgan fingerprint density at radius 2 is 0.833 bits per heavy atom. The first-order valence-electron chi connectivity index (χ1n) is 7.57. The Morgan fingerprint density at radius 1 is 0.556 bits per heavy atom. The van der Waals surface area contributed by atoms with Crippen molar-refractivity contribution in [2.24, 2.45) is 34.8 Å². The molecule has 4 heteroatoms. The summed E-state index contributed by atoms with van der Waals surface area (Å²) in [6.07, 6.45) is 9.72. The average molecular weight is 256 g/mol. The van der Waals surface area contributed by atoms with Crippen LogP contribution in [0.3, 0.4) is 0 Å². The van der Waals surface area contributed by atoms with Crippen LogP contribution in [0.25, 0.3) is 0 Å². The molecule has 8 N–H and O–H groups in total. The van der Waals surface area contributed by atoms with Gasteiger partial charge < -0.3 is 22.9 Å². The second-order valence-electron chi connectivity index (χ2n) is 6.03. The van der Waals surface area contributed by atoms with Crippen molar-refractivity contribution in [2.75, 3.05) is 13.1 Å². The molecule has 0 amide bonds. The molecule has 0 unspecified atom stereocenters. The van der Waals surface area contributed by atoms with E-state index in [-0.39, 0.29) is 0 Å². The van der Waals surface area contributed by atoms with Gasteiger partial charge in [-0.15, -0.1) is 0 Å². The Bertz CT molecular complexity index is 172. The molecular formula is C14H32N4. The van der Waals surface area contributed by atoms with Crippen LogP contribution >= 0.6 is 0 Å². The Kier molecular flexibility index (Phi) is 7.82. The Morgan fingerprint density at radius 3 is 1.06 bits per heavy atom. The van der Waals surface area contributed by atoms with E-state index in [1.54, 1.807) is 0 Å². The summed E-state index contributed by atoms with van der Waals surface area (Å²) < 4.78 is 0. The lowest BCUT2D eigenvalue weighted by molar-refractivity contribution is 0.285. The minimum atomic E-state index is 0.440. The molecule has 108 valence electrons. The van der Waals surface area contributed by atoms with Crippen LogP contribution in [0.2, 0.25) is 0 Å². The molecule has 0 aromatic rings. The Balaban J connectivity index is 0.000000184. The number of rotatable bonds is 2. The maximum atomic E-state index is 5.64. The van der Waals surface area contributed by atoms with Gasteiger partial charge in [0.05, 0.1) is 0 Å². The van der Waals surface area contributed by atoms with Crippen molar-refractivity contribution in [3.63, 3.8) is 0 Å². The van der Waals surface area contributed by atoms with E-state index in [0.29, 0.717) is 12.1 Å². The highest BCUT2D eigenvalue weighted by atomic mass is 14.7. The van der Waals surface area contributed by atoms with Gasteiger partial charge in [0.25, 0.3) is 0 Å². The molecule has 0 heterocycles. The van der Waals surface area contributed by atoms with Gasteiger partial charge in [-0.05, 0) is 76.3 Å². The molecule has 0 aromatic heterocycles. The first kappa shape index (κ1) is 15.9. The fraction of sp³-hybridized carbons (Fsp3) is 1.00. The van der Waals surface area contributed by atoms with Gasteiger partial charge in [-0.3, -0.25) is 0 Å². The fourth-order valence-electron chi connectivity index (χ4n) is 2.85. The molecule has 0 aliphatic heterocycles. The topological polar surface area (TPSA) is 104 Å². The zero-order chi connectivity index (χ0) is 13.4. The van der Waals surface area contributed by atoms with Crippen molar-refractivity contribution in [2.45, 2.75) is 63.5 Å². The highest BCUT2D eigenvalue weighted by Gasteiger charge is 2.18. The van der Waals surface area contributed by atoms with Crippen LogP contribution < -0.4 is 22.9 Å². The third-order valence-electron chi connectivity index (χ3n) is 4.45. The molecule has 0 spiro atoms. The van der Waals surface area contributed by atoms with Crippen molar-refractivity contribution in [3.8, 4) is 0 Å². The second-order valence-corrected chi connectivity index (χ2v) is 6.03. The van der Waals surface area contributed by atoms with Crippen molar-refractivity contribution >= 4 is 0 Å². The van der Waals surface area contributed by atoms with Crippen LogP contribution in [-0.4, -0.2) is 25.2 Å². The predicted octanol–water partition coefficient (Wildman–Crippen LogP) is 0.925. The molecule has 0 saturated heterocycles. The van der Waals surface area contributed by atoms with Gasteiger partial charge in [-0.25, -0.2) is 0 Å². The summed E-state index contributed by atoms with van der Waals surface area (Å²) in [5.41, 5.74) is 22.4. The first-order chi connectivity index (χ1) is 8.65. The lowest BCUT2D eigenvalue weighted by Gasteiger charge is -2.26. The van der Waals surface area contributed by atoms with Crippen molar-refractivity contribution in [3.05, 3.63) is 0 Å². The van der Waals surface area contributed by atoms with E-state index in [1.807, 2.05) is 0 Å². The zero-order valence-electron chi connectivity index (χ0n) is 11.7. The highest BCUT2D eigenvalue weighted by Crippen LogP contribution is 2.26. The van der Waals surface area contributed by atoms with Gasteiger partial charge in [-0.2, -0.15) is 0 Å². The molecule has 0 radical (unpaired) electrons. The average Bonchev–Trinajstić information content (AvgIpc) is 2.43. The molecule has 0 atom stereocenters. The van der Waals surface area contributed by atoms with Gasteiger partial charge in [0.15, 0.2) is 0 Å². The minimum absolute atomic E-state index is 0.440. The van der Waals surface area contributed by atoms with Gasteiger partial charge in [0.1, 0.15) is 0 Å². The SMILES string of the molecule is NC1CCC(N)CC1.NCC1CCC(CN)CC1. The molecule has 0 aromatic carbocycles. The maximum absolute atomic E-state index is 5.64. The molecule has 4 nitrogen and oxygen atoms in total. The lowest BCUT2D eigenvalue weighted by Crippen LogP contribution is -2.33. The number of hydrogen-bond donors (Lipinski definition) is 4. The van der Waals surface area contributed by atoms with Crippen LogP contribution in [0.4, 0.5) is 0 Å². The van der Waals surface area contributed by atoms with Crippen molar-refractivity contribution < 1.29 is 0 Å². The predicted molar refractivity (Wildman–Crippen MR) is 78.0 cm³/mol. The summed E-state index contributed by atoms with van der Waals surface area (Å²) >= 11 is 0. The van der Waals surface area contributed by atoms with Crippen LogP contribution in [0.5, 0.6) is 0 Å². The summed E-state index contributed by atoms with van der Waals surface area (Å²) in [6.45, 7) is 1.74. The largest absolute Gasteiger partial charge is 0.330 e. The van der Waals surface area contributed by atoms with Gasteiger partial charge in [0, 0.05) is 12.1 Å². The van der Waals surface area contributed by atoms with Gasteiger partial charge in [0.2, 0.25) is 0 Å². The summed E-state index contributed by atoms with van der Waals surface area (Å²) in [7, 11) is 0. The fourth-order valence-corrected chi connectivity index (χ4v) is 2.85. The van der Waals surface area contributed by atoms with E-state index < -0.39 is 0 Å². The van der Waals surface area contributed by atoms with Gasteiger partial charge in [-0.1, -0.05) is 0 Å². The summed E-state index contributed by atoms with van der Waals surface area (Å²) in [5.74, 6) is 1.59. The normalized spacial score (nSPS) is 36.7. The van der Waals surface area contributed by atoms with Crippen molar-refractivity contribution in [1.29, 1.82) is 0 Å². The first-order valence-corrected chi connectivity index (χ1v) is 7.57. The number of hydrogen-bond acceptors (Lipinski definition) is 4. The Labute approximate surface area is 112 Å². The number of nitrogens with two attached hydrogens (primary N) is 4. The van der Waals surface area contributed by atoms with E-state index >= 15 is 0 Å². The van der Waals surface area contributed by atoms with Gasteiger partial charge >= 0.3 is 0 Å². The molecule has 0 bridgehead atoms. The minimum Gasteiger partial charge on any atom is -0.330 e. The summed E-state index contributed by atoms with van der Waals surface area (Å²) in [4.78, 5) is 0. The molecule has 2 fully saturated rings. The molecule has 2 aliphatic rings. The zero-order valence-corrected chi connectivity index (χ0v) is 11.7. The van der Waals surface area contributed by atoms with E-state index in [2.05, 4.69) is 0 Å². The van der Waals surface area contributed by atoms with Crippen LogP contribution in [0, 0.1) is 11.8 Å². The molecule has 2 aliphatic carbocycles. The van der Waals surface area contributed by atoms with E-state index in [4.69, 9.17) is 22.9 Å². The molecule has 2 rings (SSSR count). The van der Waals surface area contributed by atoms with E-state index in [9.17, 15) is 0 Å². The smallest absolute Gasteiger partial charge is 0.00399 e.